The predicted molar refractivity (Wildman–Crippen MR) is 74.8 cm³/mol. The maximum absolute atomic E-state index is 12.0. The van der Waals surface area contributed by atoms with Gasteiger partial charge in [-0.1, -0.05) is 0 Å². The summed E-state index contributed by atoms with van der Waals surface area (Å²) in [5.74, 6) is -1.02. The number of nitrogens with zero attached hydrogens (tertiary/aromatic N) is 2. The lowest BCUT2D eigenvalue weighted by Crippen LogP contribution is -2.49. The van der Waals surface area contributed by atoms with Crippen molar-refractivity contribution in [2.45, 2.75) is 25.8 Å². The number of carboxylic acid groups (broad SMARTS) is 1. The van der Waals surface area contributed by atoms with E-state index in [1.54, 1.807) is 0 Å². The van der Waals surface area contributed by atoms with Gasteiger partial charge in [0.25, 0.3) is 0 Å². The second kappa shape index (κ2) is 8.76. The van der Waals surface area contributed by atoms with E-state index in [0.29, 0.717) is 6.61 Å². The Morgan fingerprint density at radius 2 is 2.05 bits per heavy atom. The summed E-state index contributed by atoms with van der Waals surface area (Å²) < 4.78 is 4.89. The number of carboxylic acids is 1. The maximum Gasteiger partial charge on any atom is 0.323 e. The third kappa shape index (κ3) is 6.21. The number of amides is 2. The lowest BCUT2D eigenvalue weighted by molar-refractivity contribution is -0.137. The van der Waals surface area contributed by atoms with Gasteiger partial charge in [-0.15, -0.1) is 0 Å². The summed E-state index contributed by atoms with van der Waals surface area (Å²) in [6, 6.07) is -0.351. The second-order valence-corrected chi connectivity index (χ2v) is 5.17. The third-order valence-electron chi connectivity index (χ3n) is 3.28. The summed E-state index contributed by atoms with van der Waals surface area (Å²) in [4.78, 5) is 26.4. The molecule has 0 spiro atoms. The van der Waals surface area contributed by atoms with Crippen molar-refractivity contribution in [1.82, 2.24) is 15.1 Å². The Hall–Kier alpha value is -1.34. The number of rotatable bonds is 8. The summed E-state index contributed by atoms with van der Waals surface area (Å²) >= 11 is 0. The molecule has 0 aromatic heterocycles. The average Bonchev–Trinajstić information content (AvgIpc) is 2.86. The fourth-order valence-electron chi connectivity index (χ4n) is 2.32. The zero-order chi connectivity index (χ0) is 15.0. The molecule has 1 unspecified atom stereocenters. The standard InChI is InChI=1S/C13H25N3O4/c1-11(9-15-5-3-4-6-15)14-13(19)16(7-8-20-2)10-12(17)18/h11H,3-10H2,1-2H3,(H,14,19)(H,17,18). The van der Waals surface area contributed by atoms with Gasteiger partial charge >= 0.3 is 12.0 Å². The van der Waals surface area contributed by atoms with E-state index in [0.717, 1.165) is 19.6 Å². The highest BCUT2D eigenvalue weighted by Crippen LogP contribution is 2.07. The van der Waals surface area contributed by atoms with Crippen molar-refractivity contribution >= 4 is 12.0 Å². The minimum atomic E-state index is -1.02. The molecule has 1 aliphatic rings. The van der Waals surface area contributed by atoms with E-state index in [1.165, 1.54) is 24.9 Å². The van der Waals surface area contributed by atoms with E-state index in [2.05, 4.69) is 10.2 Å². The van der Waals surface area contributed by atoms with Crippen molar-refractivity contribution in [2.75, 3.05) is 46.4 Å². The topological polar surface area (TPSA) is 82.1 Å². The van der Waals surface area contributed by atoms with Crippen LogP contribution < -0.4 is 5.32 Å². The van der Waals surface area contributed by atoms with Gasteiger partial charge < -0.3 is 25.0 Å². The summed E-state index contributed by atoms with van der Waals surface area (Å²) in [7, 11) is 1.52. The van der Waals surface area contributed by atoms with Gasteiger partial charge in [-0.25, -0.2) is 4.79 Å². The number of ether oxygens (including phenoxy) is 1. The highest BCUT2D eigenvalue weighted by molar-refractivity contribution is 5.80. The number of urea groups is 1. The van der Waals surface area contributed by atoms with Crippen molar-refractivity contribution in [3.63, 3.8) is 0 Å². The summed E-state index contributed by atoms with van der Waals surface area (Å²) in [6.45, 7) is 5.16. The van der Waals surface area contributed by atoms with Crippen LogP contribution in [0.5, 0.6) is 0 Å². The zero-order valence-corrected chi connectivity index (χ0v) is 12.3. The molecule has 0 aromatic rings. The molecule has 0 aliphatic carbocycles. The van der Waals surface area contributed by atoms with Crippen LogP contribution in [-0.2, 0) is 9.53 Å². The number of carbonyl (C=O) groups excluding carboxylic acids is 1. The minimum Gasteiger partial charge on any atom is -0.480 e. The van der Waals surface area contributed by atoms with Crippen molar-refractivity contribution < 1.29 is 19.4 Å². The summed E-state index contributed by atoms with van der Waals surface area (Å²) in [5, 5.41) is 11.7. The molecular formula is C13H25N3O4. The van der Waals surface area contributed by atoms with E-state index < -0.39 is 5.97 Å². The molecule has 1 aliphatic heterocycles. The number of likely N-dealkylation sites (tertiary alicyclic amines) is 1. The SMILES string of the molecule is COCCN(CC(=O)O)C(=O)NC(C)CN1CCCC1. The zero-order valence-electron chi connectivity index (χ0n) is 12.3. The fourth-order valence-corrected chi connectivity index (χ4v) is 2.32. The highest BCUT2D eigenvalue weighted by Gasteiger charge is 2.20. The van der Waals surface area contributed by atoms with Crippen LogP contribution in [-0.4, -0.2) is 79.4 Å². The molecule has 20 heavy (non-hydrogen) atoms. The molecule has 0 saturated carbocycles. The summed E-state index contributed by atoms with van der Waals surface area (Å²) in [5.41, 5.74) is 0. The van der Waals surface area contributed by atoms with E-state index >= 15 is 0 Å². The molecular weight excluding hydrogens is 262 g/mol. The van der Waals surface area contributed by atoms with Crippen molar-refractivity contribution in [3.8, 4) is 0 Å². The molecule has 7 nitrogen and oxygen atoms in total. The van der Waals surface area contributed by atoms with Crippen LogP contribution in [0.25, 0.3) is 0 Å². The average molecular weight is 287 g/mol. The van der Waals surface area contributed by atoms with E-state index in [-0.39, 0.29) is 25.2 Å². The molecule has 1 saturated heterocycles. The van der Waals surface area contributed by atoms with E-state index in [1.807, 2.05) is 6.92 Å². The van der Waals surface area contributed by atoms with Gasteiger partial charge in [-0.2, -0.15) is 0 Å². The smallest absolute Gasteiger partial charge is 0.323 e. The molecule has 1 atom stereocenters. The lowest BCUT2D eigenvalue weighted by atomic mass is 10.3. The Bertz CT molecular complexity index is 319. The molecule has 0 radical (unpaired) electrons. The Morgan fingerprint density at radius 3 is 2.60 bits per heavy atom. The first-order valence-electron chi connectivity index (χ1n) is 7.01. The highest BCUT2D eigenvalue weighted by atomic mass is 16.5. The van der Waals surface area contributed by atoms with Crippen LogP contribution in [0.3, 0.4) is 0 Å². The summed E-state index contributed by atoms with van der Waals surface area (Å²) in [6.07, 6.45) is 2.42. The van der Waals surface area contributed by atoms with Gasteiger partial charge in [0.05, 0.1) is 6.61 Å². The number of hydrogen-bond donors (Lipinski definition) is 2. The first-order valence-corrected chi connectivity index (χ1v) is 7.01. The van der Waals surface area contributed by atoms with Crippen molar-refractivity contribution in [2.24, 2.45) is 0 Å². The number of hydrogen-bond acceptors (Lipinski definition) is 4. The Morgan fingerprint density at radius 1 is 1.40 bits per heavy atom. The lowest BCUT2D eigenvalue weighted by Gasteiger charge is -2.26. The first-order chi connectivity index (χ1) is 9.52. The van der Waals surface area contributed by atoms with Gasteiger partial charge in [0.15, 0.2) is 0 Å². The number of carbonyl (C=O) groups is 2. The maximum atomic E-state index is 12.0. The van der Waals surface area contributed by atoms with Crippen LogP contribution in [0, 0.1) is 0 Å². The third-order valence-corrected chi connectivity index (χ3v) is 3.28. The molecule has 1 rings (SSSR count). The Labute approximate surface area is 119 Å². The molecule has 2 N–H and O–H groups in total. The molecule has 0 bridgehead atoms. The van der Waals surface area contributed by atoms with E-state index in [4.69, 9.17) is 9.84 Å². The normalized spacial score (nSPS) is 16.9. The van der Waals surface area contributed by atoms with Crippen molar-refractivity contribution in [3.05, 3.63) is 0 Å². The molecule has 1 fully saturated rings. The van der Waals surface area contributed by atoms with Crippen molar-refractivity contribution in [1.29, 1.82) is 0 Å². The largest absolute Gasteiger partial charge is 0.480 e. The number of nitrogens with one attached hydrogen (secondary N) is 1. The van der Waals surface area contributed by atoms with Crippen LogP contribution in [0.15, 0.2) is 0 Å². The van der Waals surface area contributed by atoms with Gasteiger partial charge in [-0.05, 0) is 32.9 Å². The van der Waals surface area contributed by atoms with Crippen LogP contribution in [0.2, 0.25) is 0 Å². The fraction of sp³-hybridized carbons (Fsp3) is 0.846. The van der Waals surface area contributed by atoms with Gasteiger partial charge in [-0.3, -0.25) is 4.79 Å². The molecule has 1 heterocycles. The minimum absolute atomic E-state index is 0.000519. The second-order valence-electron chi connectivity index (χ2n) is 5.17. The van der Waals surface area contributed by atoms with Crippen LogP contribution in [0.1, 0.15) is 19.8 Å². The number of aliphatic carboxylic acids is 1. The van der Waals surface area contributed by atoms with Gasteiger partial charge in [0.2, 0.25) is 0 Å². The van der Waals surface area contributed by atoms with Gasteiger partial charge in [0, 0.05) is 26.2 Å². The molecule has 0 aromatic carbocycles. The van der Waals surface area contributed by atoms with Crippen LogP contribution in [0.4, 0.5) is 4.79 Å². The van der Waals surface area contributed by atoms with Gasteiger partial charge in [0.1, 0.15) is 6.54 Å². The number of methoxy groups -OCH3 is 1. The first kappa shape index (κ1) is 16.7. The van der Waals surface area contributed by atoms with Crippen LogP contribution >= 0.6 is 0 Å². The predicted octanol–water partition coefficient (Wildman–Crippen LogP) is 0.213. The monoisotopic (exact) mass is 287 g/mol. The quantitative estimate of drug-likeness (QED) is 0.667. The Balaban J connectivity index is 2.39. The van der Waals surface area contributed by atoms with E-state index in [9.17, 15) is 9.59 Å². The Kier molecular flexibility index (Phi) is 7.32. The molecule has 2 amide bonds. The molecule has 7 heteroatoms. The molecule has 116 valence electrons.